The number of aryl methyl sites for hydroxylation is 2. The molecule has 0 spiro atoms. The van der Waals surface area contributed by atoms with Gasteiger partial charge in [-0.2, -0.15) is 0 Å². The van der Waals surface area contributed by atoms with E-state index >= 15 is 0 Å². The molecule has 0 amide bonds. The number of tetrazole rings is 1. The van der Waals surface area contributed by atoms with Crippen molar-refractivity contribution in [3.8, 4) is 0 Å². The number of hydrogen-bond donors (Lipinski definition) is 1. The van der Waals surface area contributed by atoms with E-state index in [-0.39, 0.29) is 5.75 Å². The fourth-order valence-corrected chi connectivity index (χ4v) is 1.39. The number of aliphatic carboxylic acids is 1. The van der Waals surface area contributed by atoms with Crippen LogP contribution in [0.3, 0.4) is 0 Å². The molecule has 0 atom stereocenters. The maximum Gasteiger partial charge on any atom is 0.313 e. The van der Waals surface area contributed by atoms with E-state index in [1.54, 1.807) is 4.68 Å². The summed E-state index contributed by atoms with van der Waals surface area (Å²) in [6.45, 7) is 2.46. The summed E-state index contributed by atoms with van der Waals surface area (Å²) in [7, 11) is 0. The van der Waals surface area contributed by atoms with Crippen LogP contribution < -0.4 is 0 Å². The van der Waals surface area contributed by atoms with E-state index in [1.165, 1.54) is 11.8 Å². The van der Waals surface area contributed by atoms with E-state index in [1.807, 2.05) is 6.92 Å². The molecule has 0 aliphatic rings. The molecule has 1 heterocycles. The van der Waals surface area contributed by atoms with Crippen LogP contribution in [0.15, 0.2) is 0 Å². The molecular weight excluding hydrogens is 192 g/mol. The molecule has 0 saturated carbocycles. The largest absolute Gasteiger partial charge is 0.481 e. The van der Waals surface area contributed by atoms with Crippen molar-refractivity contribution in [3.05, 3.63) is 5.82 Å². The number of nitrogens with zero attached hydrogens (tertiary/aromatic N) is 4. The van der Waals surface area contributed by atoms with Crippen molar-refractivity contribution >= 4 is 17.7 Å². The first-order valence-electron chi connectivity index (χ1n) is 3.72. The zero-order valence-corrected chi connectivity index (χ0v) is 7.99. The molecule has 1 rings (SSSR count). The maximum absolute atomic E-state index is 10.2. The van der Waals surface area contributed by atoms with Crippen molar-refractivity contribution in [2.45, 2.75) is 13.5 Å². The summed E-state index contributed by atoms with van der Waals surface area (Å²) >= 11 is 1.35. The molecule has 0 radical (unpaired) electrons. The molecule has 0 aliphatic heterocycles. The van der Waals surface area contributed by atoms with Crippen LogP contribution in [-0.4, -0.2) is 42.8 Å². The van der Waals surface area contributed by atoms with Crippen LogP contribution in [0.2, 0.25) is 0 Å². The molecule has 6 nitrogen and oxygen atoms in total. The summed E-state index contributed by atoms with van der Waals surface area (Å²) in [5, 5.41) is 19.3. The maximum atomic E-state index is 10.2. The normalized spacial score (nSPS) is 10.2. The van der Waals surface area contributed by atoms with Crippen molar-refractivity contribution in [2.24, 2.45) is 0 Å². The van der Waals surface area contributed by atoms with Crippen LogP contribution in [0.4, 0.5) is 0 Å². The fraction of sp³-hybridized carbons (Fsp3) is 0.667. The molecule has 0 saturated heterocycles. The standard InChI is InChI=1S/C6H10N4O2S/c1-5-7-8-9-10(5)2-3-13-4-6(11)12/h2-4H2,1H3,(H,11,12). The van der Waals surface area contributed by atoms with Gasteiger partial charge in [-0.25, -0.2) is 4.68 Å². The third-order valence-corrected chi connectivity index (χ3v) is 2.31. The zero-order valence-electron chi connectivity index (χ0n) is 7.17. The van der Waals surface area contributed by atoms with Crippen molar-refractivity contribution in [1.82, 2.24) is 20.2 Å². The second kappa shape index (κ2) is 4.80. The van der Waals surface area contributed by atoms with Gasteiger partial charge in [0.15, 0.2) is 0 Å². The highest BCUT2D eigenvalue weighted by Gasteiger charge is 2.00. The second-order valence-electron chi connectivity index (χ2n) is 2.40. The predicted molar refractivity (Wildman–Crippen MR) is 47.5 cm³/mol. The van der Waals surface area contributed by atoms with Gasteiger partial charge in [0.05, 0.1) is 12.3 Å². The van der Waals surface area contributed by atoms with E-state index in [0.29, 0.717) is 12.3 Å². The lowest BCUT2D eigenvalue weighted by Gasteiger charge is -1.99. The number of rotatable bonds is 5. The van der Waals surface area contributed by atoms with Gasteiger partial charge in [0.1, 0.15) is 5.82 Å². The minimum Gasteiger partial charge on any atom is -0.481 e. The molecule has 7 heteroatoms. The molecule has 0 bridgehead atoms. The summed E-state index contributed by atoms with van der Waals surface area (Å²) in [6, 6.07) is 0. The lowest BCUT2D eigenvalue weighted by atomic mass is 10.6. The number of hydrogen-bond acceptors (Lipinski definition) is 5. The van der Waals surface area contributed by atoms with Gasteiger partial charge in [-0.15, -0.1) is 16.9 Å². The molecule has 1 N–H and O–H groups in total. The molecule has 13 heavy (non-hydrogen) atoms. The topological polar surface area (TPSA) is 80.9 Å². The summed E-state index contributed by atoms with van der Waals surface area (Å²) in [5.41, 5.74) is 0. The smallest absolute Gasteiger partial charge is 0.313 e. The lowest BCUT2D eigenvalue weighted by Crippen LogP contribution is -2.07. The van der Waals surface area contributed by atoms with Gasteiger partial charge in [0.25, 0.3) is 0 Å². The van der Waals surface area contributed by atoms with Gasteiger partial charge in [-0.3, -0.25) is 4.79 Å². The Balaban J connectivity index is 2.20. The highest BCUT2D eigenvalue weighted by Crippen LogP contribution is 2.00. The molecule has 0 fully saturated rings. The van der Waals surface area contributed by atoms with Crippen molar-refractivity contribution < 1.29 is 9.90 Å². The summed E-state index contributed by atoms with van der Waals surface area (Å²) < 4.78 is 1.65. The first-order chi connectivity index (χ1) is 6.20. The summed E-state index contributed by atoms with van der Waals surface area (Å²) in [4.78, 5) is 10.2. The molecule has 72 valence electrons. The van der Waals surface area contributed by atoms with Crippen LogP contribution in [0, 0.1) is 6.92 Å². The third-order valence-electron chi connectivity index (χ3n) is 1.38. The van der Waals surface area contributed by atoms with E-state index in [0.717, 1.165) is 5.82 Å². The highest BCUT2D eigenvalue weighted by molar-refractivity contribution is 7.99. The van der Waals surface area contributed by atoms with Crippen LogP contribution >= 0.6 is 11.8 Å². The highest BCUT2D eigenvalue weighted by atomic mass is 32.2. The third kappa shape index (κ3) is 3.41. The quantitative estimate of drug-likeness (QED) is 0.666. The van der Waals surface area contributed by atoms with Crippen LogP contribution in [0.25, 0.3) is 0 Å². The van der Waals surface area contributed by atoms with Crippen LogP contribution in [0.5, 0.6) is 0 Å². The Kier molecular flexibility index (Phi) is 3.69. The van der Waals surface area contributed by atoms with E-state index in [9.17, 15) is 4.79 Å². The minimum absolute atomic E-state index is 0.126. The van der Waals surface area contributed by atoms with Gasteiger partial charge in [-0.05, 0) is 17.4 Å². The van der Waals surface area contributed by atoms with E-state index in [4.69, 9.17) is 5.11 Å². The predicted octanol–water partition coefficient (Wildman–Crippen LogP) is -0.201. The van der Waals surface area contributed by atoms with Gasteiger partial charge in [-0.1, -0.05) is 0 Å². The number of thioether (sulfide) groups is 1. The van der Waals surface area contributed by atoms with Crippen molar-refractivity contribution in [3.63, 3.8) is 0 Å². The van der Waals surface area contributed by atoms with Crippen LogP contribution in [0.1, 0.15) is 5.82 Å². The molecule has 0 aromatic carbocycles. The summed E-state index contributed by atoms with van der Waals surface area (Å²) in [6.07, 6.45) is 0. The van der Waals surface area contributed by atoms with Crippen molar-refractivity contribution in [1.29, 1.82) is 0 Å². The molecule has 1 aromatic rings. The lowest BCUT2D eigenvalue weighted by molar-refractivity contribution is -0.133. The first-order valence-corrected chi connectivity index (χ1v) is 4.88. The monoisotopic (exact) mass is 202 g/mol. The molecule has 0 aliphatic carbocycles. The average molecular weight is 202 g/mol. The Morgan fingerprint density at radius 2 is 2.46 bits per heavy atom. The Hall–Kier alpha value is -1.11. The second-order valence-corrected chi connectivity index (χ2v) is 3.50. The fourth-order valence-electron chi connectivity index (χ4n) is 0.766. The number of carbonyl (C=O) groups is 1. The van der Waals surface area contributed by atoms with Gasteiger partial charge in [0, 0.05) is 5.75 Å². The molecular formula is C6H10N4O2S. The zero-order chi connectivity index (χ0) is 9.68. The van der Waals surface area contributed by atoms with Crippen LogP contribution in [-0.2, 0) is 11.3 Å². The van der Waals surface area contributed by atoms with E-state index < -0.39 is 5.97 Å². The number of carboxylic acids is 1. The molecule has 1 aromatic heterocycles. The number of carboxylic acid groups (broad SMARTS) is 1. The van der Waals surface area contributed by atoms with Gasteiger partial charge < -0.3 is 5.11 Å². The van der Waals surface area contributed by atoms with Gasteiger partial charge >= 0.3 is 5.97 Å². The Bertz CT molecular complexity index is 288. The van der Waals surface area contributed by atoms with Gasteiger partial charge in [0.2, 0.25) is 0 Å². The SMILES string of the molecule is Cc1nnnn1CCSCC(=O)O. The number of aromatic nitrogens is 4. The minimum atomic E-state index is -0.793. The Labute approximate surface area is 79.3 Å². The Morgan fingerprint density at radius 1 is 1.69 bits per heavy atom. The van der Waals surface area contributed by atoms with E-state index in [2.05, 4.69) is 15.5 Å². The average Bonchev–Trinajstić information content (AvgIpc) is 2.45. The first kappa shape index (κ1) is 9.97. The molecule has 0 unspecified atom stereocenters. The summed E-state index contributed by atoms with van der Waals surface area (Å²) in [5.74, 6) is 0.786. The van der Waals surface area contributed by atoms with Crippen molar-refractivity contribution in [2.75, 3.05) is 11.5 Å². The Morgan fingerprint density at radius 3 is 3.00 bits per heavy atom.